The molecule has 0 aliphatic rings. The summed E-state index contributed by atoms with van der Waals surface area (Å²) < 4.78 is 0. The molecule has 20 valence electrons. The molecule has 5 heteroatoms. The largest absolute Gasteiger partial charge is 0.120 e. The van der Waals surface area contributed by atoms with Gasteiger partial charge in [-0.15, -0.1) is 4.91 Å². The molecule has 0 aliphatic heterocycles. The summed E-state index contributed by atoms with van der Waals surface area (Å²) in [6, 6.07) is 0. The van der Waals surface area contributed by atoms with E-state index >= 15 is 0 Å². The van der Waals surface area contributed by atoms with E-state index in [-0.39, 0.29) is 84.6 Å². The van der Waals surface area contributed by atoms with Crippen molar-refractivity contribution >= 4 is 84.6 Å². The first-order valence-corrected chi connectivity index (χ1v) is 0.183. The monoisotopic (exact) mass is 387 g/mol. The maximum absolute atomic E-state index is 7.25. The fourth-order valence-electron chi connectivity index (χ4n) is 0. The third-order valence-electron chi connectivity index (χ3n) is 0. The minimum atomic E-state index is 0. The normalized spacial score (nSPS) is 0.800. The zero-order chi connectivity index (χ0) is 2.00. The standard InChI is InChI=1S/B.Ba.NO.Pb/c;;1-2;. The third kappa shape index (κ3) is 22.9. The van der Waals surface area contributed by atoms with Gasteiger partial charge in [0.15, 0.2) is 0 Å². The third-order valence-corrected chi connectivity index (χ3v) is 0. The van der Waals surface area contributed by atoms with Crippen molar-refractivity contribution in [1.29, 1.82) is 0 Å². The fourth-order valence-corrected chi connectivity index (χ4v) is 0. The zero-order valence-corrected chi connectivity index (χ0v) is 11.0. The summed E-state index contributed by atoms with van der Waals surface area (Å²) in [5.41, 5.74) is 5.75. The Morgan fingerprint density at radius 3 is 1.20 bits per heavy atom. The zero-order valence-electron chi connectivity index (χ0n) is 2.64. The van der Waals surface area contributed by atoms with Crippen molar-refractivity contribution in [2.24, 2.45) is 0 Å². The summed E-state index contributed by atoms with van der Waals surface area (Å²) in [4.78, 5) is 7.25. The minimum absolute atomic E-state index is 0. The molecule has 0 aliphatic carbocycles. The number of nitroso groups, excluding NO2 is 1. The average Bonchev–Trinajstić information content (AvgIpc) is 1.00. The quantitative estimate of drug-likeness (QED) is 0.464. The van der Waals surface area contributed by atoms with Crippen molar-refractivity contribution in [3.63, 3.8) is 0 Å². The number of hydrogen-bond acceptors (Lipinski definition) is 1. The van der Waals surface area contributed by atoms with Crippen LogP contribution in [0.15, 0.2) is 0 Å². The maximum atomic E-state index is 7.25. The second-order valence-electron chi connectivity index (χ2n) is 0. The summed E-state index contributed by atoms with van der Waals surface area (Å²) >= 11 is 0. The molecule has 0 saturated heterocycles. The van der Waals surface area contributed by atoms with E-state index in [4.69, 9.17) is 10.5 Å². The van der Waals surface area contributed by atoms with Crippen molar-refractivity contribution in [3.05, 3.63) is 4.91 Å². The molecular formula is BBaNOPb. The molecule has 2 nitrogen and oxygen atoms in total. The summed E-state index contributed by atoms with van der Waals surface area (Å²) in [6.07, 6.45) is 0. The Morgan fingerprint density at radius 2 is 1.20 bits per heavy atom. The van der Waals surface area contributed by atoms with Crippen LogP contribution in [-0.4, -0.2) is 84.6 Å². The SMILES string of the molecule is [B].[Ba].[N]=O.[Pb]. The van der Waals surface area contributed by atoms with Crippen molar-refractivity contribution < 1.29 is 0 Å². The van der Waals surface area contributed by atoms with Crippen molar-refractivity contribution in [2.75, 3.05) is 0 Å². The molecule has 0 bridgehead atoms. The minimum Gasteiger partial charge on any atom is -0.120 e. The van der Waals surface area contributed by atoms with Crippen molar-refractivity contribution in [2.45, 2.75) is 0 Å². The molecule has 0 saturated carbocycles. The molecule has 0 fully saturated rings. The molecule has 0 aromatic rings. The average molecular weight is 385 g/mol. The van der Waals surface area contributed by atoms with Gasteiger partial charge in [-0.3, -0.25) is 0 Å². The van der Waals surface area contributed by atoms with E-state index in [2.05, 4.69) is 0 Å². The van der Waals surface area contributed by atoms with Crippen LogP contribution in [0, 0.1) is 4.91 Å². The molecule has 0 atom stereocenters. The van der Waals surface area contributed by atoms with Crippen molar-refractivity contribution in [3.8, 4) is 0 Å². The van der Waals surface area contributed by atoms with Gasteiger partial charge in [-0.05, 0) is 0 Å². The summed E-state index contributed by atoms with van der Waals surface area (Å²) in [5, 5.41) is 0. The predicted octanol–water partition coefficient (Wildman–Crippen LogP) is -1.59. The summed E-state index contributed by atoms with van der Waals surface area (Å²) in [5.74, 6) is 0. The first-order chi connectivity index (χ1) is 1.00. The van der Waals surface area contributed by atoms with Gasteiger partial charge >= 0.3 is 0 Å². The van der Waals surface area contributed by atoms with Gasteiger partial charge in [0, 0.05) is 84.6 Å². The number of nitrogens with zero attached hydrogens (tertiary/aromatic N) is 1. The van der Waals surface area contributed by atoms with Crippen LogP contribution in [0.25, 0.3) is 0 Å². The van der Waals surface area contributed by atoms with E-state index in [1.165, 1.54) is 0 Å². The summed E-state index contributed by atoms with van der Waals surface area (Å²) in [7, 11) is 0. The van der Waals surface area contributed by atoms with Crippen LogP contribution in [0.5, 0.6) is 0 Å². The van der Waals surface area contributed by atoms with Gasteiger partial charge in [0.2, 0.25) is 0 Å². The second kappa shape index (κ2) is 35.2. The maximum Gasteiger partial charge on any atom is 0.120 e. The molecule has 0 rings (SSSR count). The Hall–Kier alpha value is 2.16. The van der Waals surface area contributed by atoms with Crippen LogP contribution in [0.1, 0.15) is 0 Å². The van der Waals surface area contributed by atoms with E-state index in [0.717, 1.165) is 0 Å². The molecule has 0 unspecified atom stereocenters. The van der Waals surface area contributed by atoms with E-state index in [9.17, 15) is 0 Å². The molecular weight excluding hydrogens is 385 g/mol. The van der Waals surface area contributed by atoms with Crippen molar-refractivity contribution in [1.82, 2.24) is 5.59 Å². The summed E-state index contributed by atoms with van der Waals surface area (Å²) in [6.45, 7) is 0. The molecule has 0 heterocycles. The van der Waals surface area contributed by atoms with Crippen LogP contribution in [-0.2, 0) is 0 Å². The van der Waals surface area contributed by atoms with Crippen LogP contribution in [0.3, 0.4) is 0 Å². The Bertz CT molecular complexity index is 11.6. The van der Waals surface area contributed by atoms with Gasteiger partial charge in [0.05, 0.1) is 0 Å². The van der Waals surface area contributed by atoms with Crippen LogP contribution < -0.4 is 5.59 Å². The van der Waals surface area contributed by atoms with Crippen LogP contribution >= 0.6 is 0 Å². The molecule has 0 amide bonds. The van der Waals surface area contributed by atoms with Crippen LogP contribution in [0.4, 0.5) is 0 Å². The Balaban J connectivity index is -0.00000000167. The fraction of sp³-hybridized carbons (Fsp3) is 0. The van der Waals surface area contributed by atoms with Gasteiger partial charge in [-0.1, -0.05) is 0 Å². The van der Waals surface area contributed by atoms with E-state index in [0.29, 0.717) is 0 Å². The Morgan fingerprint density at radius 1 is 1.20 bits per heavy atom. The Labute approximate surface area is 93.0 Å². The topological polar surface area (TPSA) is 39.4 Å². The first-order valence-electron chi connectivity index (χ1n) is 0.183. The Kier molecular flexibility index (Phi) is 191. The van der Waals surface area contributed by atoms with Gasteiger partial charge < -0.3 is 0 Å². The van der Waals surface area contributed by atoms with Gasteiger partial charge in [0.25, 0.3) is 0 Å². The van der Waals surface area contributed by atoms with Gasteiger partial charge in [-0.25, -0.2) is 0 Å². The van der Waals surface area contributed by atoms with E-state index < -0.39 is 0 Å². The number of hydrogen-bond donors (Lipinski definition) is 0. The molecule has 0 aromatic carbocycles. The smallest absolute Gasteiger partial charge is 0.120 e. The van der Waals surface area contributed by atoms with Crippen LogP contribution in [0.2, 0.25) is 0 Å². The van der Waals surface area contributed by atoms with Gasteiger partial charge in [-0.2, -0.15) is 0 Å². The second-order valence-corrected chi connectivity index (χ2v) is 0. The molecule has 0 N–H and O–H groups in total. The van der Waals surface area contributed by atoms with E-state index in [1.807, 2.05) is 0 Å². The molecule has 0 spiro atoms. The predicted molar refractivity (Wildman–Crippen MR) is 22.8 cm³/mol. The first kappa shape index (κ1) is 27.2. The van der Waals surface area contributed by atoms with E-state index in [1.54, 1.807) is 0 Å². The number of rotatable bonds is 0. The molecule has 0 aromatic heterocycles. The molecule has 5 heavy (non-hydrogen) atoms. The molecule has 10 radical (unpaired) electrons. The van der Waals surface area contributed by atoms with Gasteiger partial charge in [0.1, 0.15) is 5.59 Å².